The molecular weight excluding hydrogens is 120 g/mol. The maximum atomic E-state index is 8.38. The number of hydrogen-bond donors (Lipinski definition) is 2. The molecule has 0 heterocycles. The molecule has 0 bridgehead atoms. The SMILES string of the molecule is CC(O)C(C)O.COC. The first kappa shape index (κ1) is 11.6. The fraction of sp³-hybridized carbons (Fsp3) is 1.00. The molecule has 0 aliphatic carbocycles. The summed E-state index contributed by atoms with van der Waals surface area (Å²) in [6, 6.07) is 0. The molecule has 0 saturated heterocycles. The smallest absolute Gasteiger partial charge is 0.0768 e. The Morgan fingerprint density at radius 3 is 1.11 bits per heavy atom. The Balaban J connectivity index is 0. The zero-order valence-corrected chi connectivity index (χ0v) is 6.46. The Labute approximate surface area is 56.3 Å². The highest BCUT2D eigenvalue weighted by Crippen LogP contribution is 1.85. The van der Waals surface area contributed by atoms with E-state index in [9.17, 15) is 0 Å². The van der Waals surface area contributed by atoms with Crippen molar-refractivity contribution in [2.75, 3.05) is 14.2 Å². The van der Waals surface area contributed by atoms with Gasteiger partial charge in [0.25, 0.3) is 0 Å². The summed E-state index contributed by atoms with van der Waals surface area (Å²) in [6.07, 6.45) is -1.19. The van der Waals surface area contributed by atoms with Crippen LogP contribution in [0, 0.1) is 0 Å². The van der Waals surface area contributed by atoms with E-state index in [-0.39, 0.29) is 0 Å². The van der Waals surface area contributed by atoms with Crippen molar-refractivity contribution in [3.63, 3.8) is 0 Å². The molecule has 2 atom stereocenters. The van der Waals surface area contributed by atoms with E-state index in [2.05, 4.69) is 4.74 Å². The molecule has 0 radical (unpaired) electrons. The van der Waals surface area contributed by atoms with E-state index in [1.165, 1.54) is 0 Å². The van der Waals surface area contributed by atoms with Gasteiger partial charge in [0.05, 0.1) is 12.2 Å². The second-order valence-electron chi connectivity index (χ2n) is 1.89. The van der Waals surface area contributed by atoms with Crippen LogP contribution in [-0.2, 0) is 4.74 Å². The largest absolute Gasteiger partial charge is 0.391 e. The van der Waals surface area contributed by atoms with Gasteiger partial charge in [-0.15, -0.1) is 0 Å². The first-order valence-electron chi connectivity index (χ1n) is 2.82. The molecule has 3 nitrogen and oxygen atoms in total. The zero-order chi connectivity index (χ0) is 7.86. The summed E-state index contributed by atoms with van der Waals surface area (Å²) in [5, 5.41) is 16.8. The van der Waals surface area contributed by atoms with E-state index < -0.39 is 12.2 Å². The summed E-state index contributed by atoms with van der Waals surface area (Å²) in [5.41, 5.74) is 0. The lowest BCUT2D eigenvalue weighted by molar-refractivity contribution is 0.0438. The Hall–Kier alpha value is -0.120. The van der Waals surface area contributed by atoms with Crippen molar-refractivity contribution in [3.05, 3.63) is 0 Å². The number of hydrogen-bond acceptors (Lipinski definition) is 3. The average Bonchev–Trinajstić information content (AvgIpc) is 1.68. The van der Waals surface area contributed by atoms with Crippen molar-refractivity contribution in [2.24, 2.45) is 0 Å². The van der Waals surface area contributed by atoms with Gasteiger partial charge >= 0.3 is 0 Å². The van der Waals surface area contributed by atoms with E-state index in [4.69, 9.17) is 10.2 Å². The van der Waals surface area contributed by atoms with Gasteiger partial charge in [0.15, 0.2) is 0 Å². The van der Waals surface area contributed by atoms with Gasteiger partial charge < -0.3 is 14.9 Å². The second kappa shape index (κ2) is 7.88. The summed E-state index contributed by atoms with van der Waals surface area (Å²) in [6.45, 7) is 3.09. The van der Waals surface area contributed by atoms with Gasteiger partial charge in [-0.05, 0) is 13.8 Å². The quantitative estimate of drug-likeness (QED) is 0.534. The van der Waals surface area contributed by atoms with E-state index in [0.29, 0.717) is 0 Å². The molecule has 0 saturated carbocycles. The minimum Gasteiger partial charge on any atom is -0.391 e. The van der Waals surface area contributed by atoms with Crippen molar-refractivity contribution in [1.29, 1.82) is 0 Å². The van der Waals surface area contributed by atoms with Crippen LogP contribution in [0.2, 0.25) is 0 Å². The van der Waals surface area contributed by atoms with Gasteiger partial charge in [-0.3, -0.25) is 0 Å². The van der Waals surface area contributed by atoms with Crippen LogP contribution in [-0.4, -0.2) is 36.6 Å². The summed E-state index contributed by atoms with van der Waals surface area (Å²) in [5.74, 6) is 0. The molecule has 0 aromatic rings. The average molecular weight is 136 g/mol. The fourth-order valence-corrected chi connectivity index (χ4v) is 0. The summed E-state index contributed by atoms with van der Waals surface area (Å²) >= 11 is 0. The molecule has 0 aromatic heterocycles. The number of rotatable bonds is 1. The van der Waals surface area contributed by atoms with Crippen LogP contribution in [0.1, 0.15) is 13.8 Å². The van der Waals surface area contributed by atoms with Crippen molar-refractivity contribution in [1.82, 2.24) is 0 Å². The molecule has 0 aromatic carbocycles. The number of ether oxygens (including phenoxy) is 1. The van der Waals surface area contributed by atoms with Crippen LogP contribution in [0.3, 0.4) is 0 Å². The number of methoxy groups -OCH3 is 1. The van der Waals surface area contributed by atoms with Crippen molar-refractivity contribution < 1.29 is 14.9 Å². The Morgan fingerprint density at radius 1 is 1.00 bits per heavy atom. The monoisotopic (exact) mass is 136 g/mol. The maximum Gasteiger partial charge on any atom is 0.0768 e. The molecular formula is C6H16O3. The molecule has 9 heavy (non-hydrogen) atoms. The van der Waals surface area contributed by atoms with Crippen molar-refractivity contribution in [2.45, 2.75) is 26.1 Å². The first-order chi connectivity index (χ1) is 4.06. The first-order valence-corrected chi connectivity index (χ1v) is 2.82. The number of aliphatic hydroxyl groups excluding tert-OH is 2. The highest BCUT2D eigenvalue weighted by atomic mass is 16.4. The third-order valence-corrected chi connectivity index (χ3v) is 0.698. The van der Waals surface area contributed by atoms with Gasteiger partial charge in [-0.2, -0.15) is 0 Å². The maximum absolute atomic E-state index is 8.38. The standard InChI is InChI=1S/C4H10O2.C2H6O/c1-3(5)4(2)6;1-3-2/h3-6H,1-2H3;1-2H3. The minimum atomic E-state index is -0.593. The molecule has 58 valence electrons. The summed E-state index contributed by atoms with van der Waals surface area (Å²) in [7, 11) is 3.25. The third kappa shape index (κ3) is 18.1. The van der Waals surface area contributed by atoms with Crippen LogP contribution in [0.25, 0.3) is 0 Å². The van der Waals surface area contributed by atoms with Crippen molar-refractivity contribution >= 4 is 0 Å². The Bertz CT molecular complexity index is 37.6. The fourth-order valence-electron chi connectivity index (χ4n) is 0. The summed E-state index contributed by atoms with van der Waals surface area (Å²) in [4.78, 5) is 0. The van der Waals surface area contributed by atoms with Gasteiger partial charge in [-0.1, -0.05) is 0 Å². The molecule has 0 aliphatic rings. The van der Waals surface area contributed by atoms with E-state index in [1.807, 2.05) is 0 Å². The molecule has 2 N–H and O–H groups in total. The van der Waals surface area contributed by atoms with Gasteiger partial charge in [0.1, 0.15) is 0 Å². The van der Waals surface area contributed by atoms with Gasteiger partial charge in [0, 0.05) is 14.2 Å². The van der Waals surface area contributed by atoms with Crippen LogP contribution < -0.4 is 0 Å². The van der Waals surface area contributed by atoms with E-state index in [0.717, 1.165) is 0 Å². The molecule has 0 rings (SSSR count). The minimum absolute atomic E-state index is 0.593. The zero-order valence-electron chi connectivity index (χ0n) is 6.46. The molecule has 0 amide bonds. The third-order valence-electron chi connectivity index (χ3n) is 0.698. The van der Waals surface area contributed by atoms with E-state index >= 15 is 0 Å². The van der Waals surface area contributed by atoms with E-state index in [1.54, 1.807) is 28.1 Å². The summed E-state index contributed by atoms with van der Waals surface area (Å²) < 4.78 is 4.25. The van der Waals surface area contributed by atoms with Gasteiger partial charge in [-0.25, -0.2) is 0 Å². The highest BCUT2D eigenvalue weighted by molar-refractivity contribution is 4.50. The van der Waals surface area contributed by atoms with Crippen LogP contribution in [0.4, 0.5) is 0 Å². The number of aliphatic hydroxyl groups is 2. The predicted octanol–water partition coefficient (Wildman–Crippen LogP) is 0.0106. The van der Waals surface area contributed by atoms with Crippen LogP contribution in [0.5, 0.6) is 0 Å². The van der Waals surface area contributed by atoms with Crippen LogP contribution >= 0.6 is 0 Å². The Morgan fingerprint density at radius 2 is 1.11 bits per heavy atom. The Kier molecular flexibility index (Phi) is 10.2. The molecule has 2 unspecified atom stereocenters. The topological polar surface area (TPSA) is 49.7 Å². The second-order valence-corrected chi connectivity index (χ2v) is 1.89. The molecule has 0 fully saturated rings. The van der Waals surface area contributed by atoms with Crippen LogP contribution in [0.15, 0.2) is 0 Å². The lowest BCUT2D eigenvalue weighted by atomic mass is 10.3. The van der Waals surface area contributed by atoms with Gasteiger partial charge in [0.2, 0.25) is 0 Å². The predicted molar refractivity (Wildman–Crippen MR) is 36.3 cm³/mol. The lowest BCUT2D eigenvalue weighted by Crippen LogP contribution is -2.17. The highest BCUT2D eigenvalue weighted by Gasteiger charge is 1.99. The lowest BCUT2D eigenvalue weighted by Gasteiger charge is -2.03. The molecule has 3 heteroatoms. The molecule has 0 aliphatic heterocycles. The van der Waals surface area contributed by atoms with Crippen molar-refractivity contribution in [3.8, 4) is 0 Å². The normalized spacial score (nSPS) is 15.3. The molecule has 0 spiro atoms.